The highest BCUT2D eigenvalue weighted by atomic mass is 32.1. The first-order valence-electron chi connectivity index (χ1n) is 7.08. The van der Waals surface area contributed by atoms with Gasteiger partial charge in [0.25, 0.3) is 0 Å². The number of rotatable bonds is 6. The second kappa shape index (κ2) is 6.57. The number of aromatic nitrogens is 3. The van der Waals surface area contributed by atoms with Crippen LogP contribution < -0.4 is 5.32 Å². The van der Waals surface area contributed by atoms with Crippen molar-refractivity contribution in [3.63, 3.8) is 0 Å². The van der Waals surface area contributed by atoms with Crippen LogP contribution in [-0.2, 0) is 6.54 Å². The maximum absolute atomic E-state index is 12.2. The van der Waals surface area contributed by atoms with Gasteiger partial charge in [0.05, 0.1) is 12.8 Å². The van der Waals surface area contributed by atoms with Crippen molar-refractivity contribution in [1.82, 2.24) is 14.8 Å². The lowest BCUT2D eigenvalue weighted by atomic mass is 10.3. The third-order valence-electron chi connectivity index (χ3n) is 3.05. The monoisotopic (exact) mass is 316 g/mol. The van der Waals surface area contributed by atoms with Crippen LogP contribution in [0.5, 0.6) is 0 Å². The summed E-state index contributed by atoms with van der Waals surface area (Å²) in [5, 5.41) is 9.46. The fourth-order valence-electron chi connectivity index (χ4n) is 2.01. The molecule has 0 amide bonds. The Kier molecular flexibility index (Phi) is 4.34. The fourth-order valence-corrected chi connectivity index (χ4v) is 2.65. The molecule has 3 rings (SSSR count). The summed E-state index contributed by atoms with van der Waals surface area (Å²) in [6.07, 6.45) is 2.75. The summed E-state index contributed by atoms with van der Waals surface area (Å²) >= 11 is 1.65. The molecule has 7 heteroatoms. The summed E-state index contributed by atoms with van der Waals surface area (Å²) in [4.78, 5) is 17.8. The first kappa shape index (κ1) is 14.5. The molecule has 0 saturated heterocycles. The molecule has 22 heavy (non-hydrogen) atoms. The van der Waals surface area contributed by atoms with Crippen LogP contribution in [0.2, 0.25) is 0 Å². The van der Waals surface area contributed by atoms with Gasteiger partial charge in [0.2, 0.25) is 17.7 Å². The normalized spacial score (nSPS) is 10.8. The molecule has 0 aliphatic rings. The van der Waals surface area contributed by atoms with Crippen molar-refractivity contribution >= 4 is 23.2 Å². The topological polar surface area (TPSA) is 73.0 Å². The third kappa shape index (κ3) is 3.09. The van der Waals surface area contributed by atoms with Gasteiger partial charge in [0.1, 0.15) is 0 Å². The zero-order valence-electron chi connectivity index (χ0n) is 12.2. The molecule has 0 saturated carbocycles. The molecule has 114 valence electrons. The molecule has 0 radical (unpaired) electrons. The van der Waals surface area contributed by atoms with E-state index in [0.717, 1.165) is 11.3 Å². The number of carbonyl (C=O) groups excluding carboxylic acids is 1. The van der Waals surface area contributed by atoms with Gasteiger partial charge in [0.15, 0.2) is 5.76 Å². The first-order valence-corrected chi connectivity index (χ1v) is 7.96. The predicted molar refractivity (Wildman–Crippen MR) is 84.9 cm³/mol. The summed E-state index contributed by atoms with van der Waals surface area (Å²) in [5.74, 6) is 1.31. The quantitative estimate of drug-likeness (QED) is 0.751. The number of hydrogen-bond acceptors (Lipinski definition) is 6. The van der Waals surface area contributed by atoms with Crippen LogP contribution in [0.4, 0.5) is 5.95 Å². The van der Waals surface area contributed by atoms with Crippen molar-refractivity contribution in [2.45, 2.75) is 26.3 Å². The van der Waals surface area contributed by atoms with Gasteiger partial charge in [-0.3, -0.25) is 4.79 Å². The second-order valence-electron chi connectivity index (χ2n) is 4.72. The average molecular weight is 316 g/mol. The zero-order valence-corrected chi connectivity index (χ0v) is 13.0. The van der Waals surface area contributed by atoms with Crippen LogP contribution in [0.1, 0.15) is 29.4 Å². The Morgan fingerprint density at radius 1 is 1.41 bits per heavy atom. The number of carbonyl (C=O) groups is 1. The lowest BCUT2D eigenvalue weighted by Crippen LogP contribution is -2.16. The van der Waals surface area contributed by atoms with Gasteiger partial charge in [-0.15, -0.1) is 16.4 Å². The summed E-state index contributed by atoms with van der Waals surface area (Å²) in [5.41, 5.74) is 0. The minimum atomic E-state index is -0.0820. The molecule has 0 bridgehead atoms. The van der Waals surface area contributed by atoms with Crippen molar-refractivity contribution in [3.05, 3.63) is 40.8 Å². The molecule has 0 spiro atoms. The van der Waals surface area contributed by atoms with Crippen molar-refractivity contribution < 1.29 is 9.21 Å². The molecule has 1 N–H and O–H groups in total. The number of thiophene rings is 1. The van der Waals surface area contributed by atoms with E-state index in [9.17, 15) is 4.79 Å². The van der Waals surface area contributed by atoms with Crippen LogP contribution in [0.15, 0.2) is 40.3 Å². The molecular weight excluding hydrogens is 300 g/mol. The molecule has 0 aliphatic heterocycles. The van der Waals surface area contributed by atoms with Gasteiger partial charge >= 0.3 is 0 Å². The largest absolute Gasteiger partial charge is 0.461 e. The predicted octanol–water partition coefficient (Wildman–Crippen LogP) is 3.65. The van der Waals surface area contributed by atoms with E-state index in [-0.39, 0.29) is 5.91 Å². The molecule has 0 unspecified atom stereocenters. The number of nitrogens with one attached hydrogen (secondary N) is 1. The molecule has 3 aromatic heterocycles. The van der Waals surface area contributed by atoms with E-state index in [1.807, 2.05) is 24.4 Å². The van der Waals surface area contributed by atoms with Gasteiger partial charge in [-0.25, -0.2) is 0 Å². The number of furan rings is 1. The summed E-state index contributed by atoms with van der Waals surface area (Å²) in [6, 6.07) is 7.55. The van der Waals surface area contributed by atoms with E-state index in [1.165, 1.54) is 4.68 Å². The summed E-state index contributed by atoms with van der Waals surface area (Å²) < 4.78 is 6.63. The Hall–Kier alpha value is -2.41. The maximum atomic E-state index is 12.2. The highest BCUT2D eigenvalue weighted by Gasteiger charge is 2.17. The van der Waals surface area contributed by atoms with Gasteiger partial charge < -0.3 is 9.73 Å². The van der Waals surface area contributed by atoms with Crippen LogP contribution in [0.25, 0.3) is 11.6 Å². The molecule has 3 heterocycles. The molecule has 0 atom stereocenters. The Labute approximate surface area is 131 Å². The lowest BCUT2D eigenvalue weighted by Gasteiger charge is -2.05. The van der Waals surface area contributed by atoms with Crippen molar-refractivity contribution in [1.29, 1.82) is 0 Å². The standard InChI is InChI=1S/C15H16N4O2S/c1-2-5-13(20)19-15(16-10-11-6-4-9-22-11)17-14(18-19)12-7-3-8-21-12/h3-4,6-9H,2,5,10H2,1H3,(H,16,17,18). The third-order valence-corrected chi connectivity index (χ3v) is 3.93. The first-order chi connectivity index (χ1) is 10.8. The number of hydrogen-bond donors (Lipinski definition) is 1. The smallest absolute Gasteiger partial charge is 0.250 e. The molecule has 6 nitrogen and oxygen atoms in total. The molecule has 3 aromatic rings. The molecule has 0 aliphatic carbocycles. The van der Waals surface area contributed by atoms with E-state index in [2.05, 4.69) is 15.4 Å². The Morgan fingerprint density at radius 2 is 2.32 bits per heavy atom. The summed E-state index contributed by atoms with van der Waals surface area (Å²) in [6.45, 7) is 2.56. The Bertz CT molecular complexity index is 732. The van der Waals surface area contributed by atoms with E-state index in [4.69, 9.17) is 4.42 Å². The minimum absolute atomic E-state index is 0.0820. The van der Waals surface area contributed by atoms with Crippen LogP contribution in [-0.4, -0.2) is 20.7 Å². The Balaban J connectivity index is 1.86. The van der Waals surface area contributed by atoms with Crippen molar-refractivity contribution in [2.75, 3.05) is 5.32 Å². The SMILES string of the molecule is CCCC(=O)n1nc(-c2ccco2)nc1NCc1cccs1. The molecular formula is C15H16N4O2S. The van der Waals surface area contributed by atoms with E-state index in [1.54, 1.807) is 29.7 Å². The lowest BCUT2D eigenvalue weighted by molar-refractivity contribution is 0.0888. The van der Waals surface area contributed by atoms with Crippen LogP contribution >= 0.6 is 11.3 Å². The Morgan fingerprint density at radius 3 is 3.00 bits per heavy atom. The van der Waals surface area contributed by atoms with E-state index < -0.39 is 0 Å². The van der Waals surface area contributed by atoms with Crippen molar-refractivity contribution in [2.24, 2.45) is 0 Å². The van der Waals surface area contributed by atoms with Gasteiger partial charge in [-0.1, -0.05) is 13.0 Å². The van der Waals surface area contributed by atoms with E-state index >= 15 is 0 Å². The highest BCUT2D eigenvalue weighted by Crippen LogP contribution is 2.19. The van der Waals surface area contributed by atoms with Gasteiger partial charge in [-0.2, -0.15) is 9.67 Å². The van der Waals surface area contributed by atoms with E-state index in [0.29, 0.717) is 30.5 Å². The second-order valence-corrected chi connectivity index (χ2v) is 5.76. The molecule has 0 fully saturated rings. The van der Waals surface area contributed by atoms with Crippen LogP contribution in [0.3, 0.4) is 0 Å². The number of nitrogens with zero attached hydrogens (tertiary/aromatic N) is 3. The minimum Gasteiger partial charge on any atom is -0.461 e. The maximum Gasteiger partial charge on any atom is 0.250 e. The highest BCUT2D eigenvalue weighted by molar-refractivity contribution is 7.09. The van der Waals surface area contributed by atoms with Crippen molar-refractivity contribution in [3.8, 4) is 11.6 Å². The van der Waals surface area contributed by atoms with Gasteiger partial charge in [0, 0.05) is 11.3 Å². The summed E-state index contributed by atoms with van der Waals surface area (Å²) in [7, 11) is 0. The van der Waals surface area contributed by atoms with Crippen LogP contribution in [0, 0.1) is 0 Å². The fraction of sp³-hybridized carbons (Fsp3) is 0.267. The average Bonchev–Trinajstić information content (AvgIpc) is 3.25. The molecule has 0 aromatic carbocycles. The zero-order chi connectivity index (χ0) is 15.4. The number of anilines is 1. The van der Waals surface area contributed by atoms with Gasteiger partial charge in [-0.05, 0) is 30.0 Å².